The smallest absolute Gasteiger partial charge is 0.166 e. The Morgan fingerprint density at radius 1 is 0.933 bits per heavy atom. The molecule has 1 aromatic rings. The van der Waals surface area contributed by atoms with E-state index in [1.807, 2.05) is 23.5 Å². The molecule has 0 saturated heterocycles. The first kappa shape index (κ1) is 20.0. The van der Waals surface area contributed by atoms with Gasteiger partial charge in [-0.3, -0.25) is 4.79 Å². The molecule has 1 nitrogen and oxygen atoms in total. The van der Waals surface area contributed by atoms with Crippen molar-refractivity contribution in [1.29, 1.82) is 0 Å². The van der Waals surface area contributed by atoms with E-state index in [0.29, 0.717) is 17.1 Å². The van der Waals surface area contributed by atoms with Gasteiger partial charge in [-0.1, -0.05) is 56.3 Å². The van der Waals surface area contributed by atoms with Crippen LogP contribution in [0.5, 0.6) is 0 Å². The molecular weight excluding hydrogens is 404 g/mol. The topological polar surface area (TPSA) is 17.1 Å². The lowest BCUT2D eigenvalue weighted by Crippen LogP contribution is -2.52. The van der Waals surface area contributed by atoms with Crippen molar-refractivity contribution in [3.8, 4) is 0 Å². The van der Waals surface area contributed by atoms with Gasteiger partial charge in [0.25, 0.3) is 0 Å². The number of ketones is 1. The summed E-state index contributed by atoms with van der Waals surface area (Å²) in [5.74, 6) is 3.66. The third kappa shape index (κ3) is 2.73. The lowest BCUT2D eigenvalue weighted by atomic mass is 9.45. The number of hydrogen-bond donors (Lipinski definition) is 0. The monoisotopic (exact) mass is 438 g/mol. The Kier molecular flexibility index (Phi) is 4.60. The number of carbonyl (C=O) groups is 1. The highest BCUT2D eigenvalue weighted by Crippen LogP contribution is 2.67. The maximum absolute atomic E-state index is 13.8. The fraction of sp³-hybridized carbons (Fsp3) is 0.667. The molecule has 3 heteroatoms. The Hall–Kier alpha value is -0.670. The largest absolute Gasteiger partial charge is 0.294 e. The van der Waals surface area contributed by atoms with E-state index in [1.165, 1.54) is 70.1 Å². The van der Waals surface area contributed by atoms with Gasteiger partial charge in [0.1, 0.15) is 0 Å². The highest BCUT2D eigenvalue weighted by atomic mass is 32.2. The van der Waals surface area contributed by atoms with Crippen LogP contribution in [0.15, 0.2) is 37.8 Å². The van der Waals surface area contributed by atoms with Crippen LogP contribution < -0.4 is 0 Å². The van der Waals surface area contributed by atoms with Crippen LogP contribution in [-0.4, -0.2) is 5.78 Å². The molecule has 5 aliphatic rings. The molecule has 1 aliphatic heterocycles. The molecule has 4 saturated carbocycles. The van der Waals surface area contributed by atoms with Gasteiger partial charge in [0.15, 0.2) is 5.78 Å². The molecule has 1 heterocycles. The molecule has 6 rings (SSSR count). The second kappa shape index (κ2) is 6.91. The summed E-state index contributed by atoms with van der Waals surface area (Å²) in [6.45, 7) is 7.13. The number of thioether (sulfide) groups is 2. The van der Waals surface area contributed by atoms with E-state index in [4.69, 9.17) is 0 Å². The van der Waals surface area contributed by atoms with Crippen LogP contribution in [-0.2, 0) is 4.79 Å². The Labute approximate surface area is 190 Å². The lowest BCUT2D eigenvalue weighted by molar-refractivity contribution is -0.137. The Morgan fingerprint density at radius 3 is 2.63 bits per heavy atom. The quantitative estimate of drug-likeness (QED) is 0.382. The van der Waals surface area contributed by atoms with Gasteiger partial charge in [0.05, 0.1) is 4.24 Å². The zero-order chi connectivity index (χ0) is 20.7. The normalized spacial score (nSPS) is 45.0. The highest BCUT2D eigenvalue weighted by Gasteiger charge is 2.61. The van der Waals surface area contributed by atoms with Crippen molar-refractivity contribution in [1.82, 2.24) is 0 Å². The maximum Gasteiger partial charge on any atom is 0.166 e. The summed E-state index contributed by atoms with van der Waals surface area (Å²) in [5.41, 5.74) is 2.94. The third-order valence-corrected chi connectivity index (χ3v) is 12.6. The summed E-state index contributed by atoms with van der Waals surface area (Å²) in [5, 5.41) is 0. The second-order valence-corrected chi connectivity index (χ2v) is 13.7. The van der Waals surface area contributed by atoms with Crippen molar-refractivity contribution in [3.05, 3.63) is 33.6 Å². The summed E-state index contributed by atoms with van der Waals surface area (Å²) in [4.78, 5) is 16.5. The SMILES string of the molecule is Cc1ccc2c(c1)S/C(=C1/C[C@H]3[C@@H]4CC[C@H]5CCCC[C@@]5(C)[C@@H]4CC[C@@]3(C)C1=O)S2. The molecule has 0 radical (unpaired) electrons. The van der Waals surface area contributed by atoms with E-state index in [1.54, 1.807) is 0 Å². The molecule has 4 aliphatic carbocycles. The molecule has 0 amide bonds. The first-order chi connectivity index (χ1) is 14.4. The highest BCUT2D eigenvalue weighted by molar-refractivity contribution is 8.24. The minimum atomic E-state index is -0.104. The first-order valence-electron chi connectivity index (χ1n) is 12.1. The standard InChI is InChI=1S/C27H34OS2/c1-16-7-10-22-23(14-16)30-25(29-22)19-15-21-18-9-8-17-6-4-5-12-26(17,2)20(18)11-13-27(21,3)24(19)28/h7,10,14,17-18,20-21H,4-6,8-9,11-13,15H2,1-3H3/b25-19-/t17-,18-,20-,21+,26-,27-/m1/s1. The van der Waals surface area contributed by atoms with Crippen molar-refractivity contribution < 1.29 is 4.79 Å². The molecule has 0 spiro atoms. The Bertz CT molecular complexity index is 948. The van der Waals surface area contributed by atoms with Crippen molar-refractivity contribution in [3.63, 3.8) is 0 Å². The van der Waals surface area contributed by atoms with E-state index in [2.05, 4.69) is 39.0 Å². The molecule has 0 N–H and O–H groups in total. The van der Waals surface area contributed by atoms with E-state index < -0.39 is 0 Å². The van der Waals surface area contributed by atoms with Gasteiger partial charge in [-0.2, -0.15) is 0 Å². The summed E-state index contributed by atoms with van der Waals surface area (Å²) < 4.78 is 1.30. The number of hydrogen-bond acceptors (Lipinski definition) is 3. The lowest BCUT2D eigenvalue weighted by Gasteiger charge is -2.59. The maximum atomic E-state index is 13.8. The van der Waals surface area contributed by atoms with Crippen LogP contribution in [0.3, 0.4) is 0 Å². The van der Waals surface area contributed by atoms with Gasteiger partial charge in [0.2, 0.25) is 0 Å². The molecule has 30 heavy (non-hydrogen) atoms. The average molecular weight is 439 g/mol. The predicted molar refractivity (Wildman–Crippen MR) is 127 cm³/mol. The zero-order valence-corrected chi connectivity index (χ0v) is 20.3. The van der Waals surface area contributed by atoms with Crippen LogP contribution in [0.25, 0.3) is 0 Å². The molecule has 0 bridgehead atoms. The minimum Gasteiger partial charge on any atom is -0.294 e. The number of carbonyl (C=O) groups excluding carboxylic acids is 1. The number of aryl methyl sites for hydroxylation is 1. The number of Topliss-reactive ketones (excluding diaryl/α,β-unsaturated/α-hetero) is 1. The van der Waals surface area contributed by atoms with Crippen LogP contribution >= 0.6 is 23.5 Å². The summed E-state index contributed by atoms with van der Waals surface area (Å²) >= 11 is 3.72. The molecular formula is C27H34OS2. The first-order valence-corrected chi connectivity index (χ1v) is 13.8. The van der Waals surface area contributed by atoms with Crippen LogP contribution in [0, 0.1) is 41.4 Å². The average Bonchev–Trinajstić information content (AvgIpc) is 3.25. The molecule has 0 unspecified atom stereocenters. The Balaban J connectivity index is 1.33. The van der Waals surface area contributed by atoms with E-state index >= 15 is 0 Å². The number of allylic oxidation sites excluding steroid dienone is 1. The van der Waals surface area contributed by atoms with E-state index in [0.717, 1.165) is 30.6 Å². The van der Waals surface area contributed by atoms with Gasteiger partial charge in [-0.05, 0) is 98.7 Å². The second-order valence-electron chi connectivity index (χ2n) is 11.3. The molecule has 6 atom stereocenters. The molecule has 4 fully saturated rings. The van der Waals surface area contributed by atoms with Gasteiger partial charge in [-0.15, -0.1) is 0 Å². The zero-order valence-electron chi connectivity index (χ0n) is 18.6. The number of fused-ring (bicyclic) bond motifs is 6. The van der Waals surface area contributed by atoms with Gasteiger partial charge < -0.3 is 0 Å². The van der Waals surface area contributed by atoms with Crippen LogP contribution in [0.2, 0.25) is 0 Å². The van der Waals surface area contributed by atoms with Crippen molar-refractivity contribution in [2.45, 2.75) is 88.3 Å². The number of rotatable bonds is 0. The molecule has 0 aromatic heterocycles. The van der Waals surface area contributed by atoms with Crippen LogP contribution in [0.1, 0.15) is 77.2 Å². The third-order valence-electron chi connectivity index (χ3n) is 9.94. The van der Waals surface area contributed by atoms with Gasteiger partial charge in [-0.25, -0.2) is 0 Å². The van der Waals surface area contributed by atoms with E-state index in [-0.39, 0.29) is 5.41 Å². The fourth-order valence-electron chi connectivity index (χ4n) is 8.23. The van der Waals surface area contributed by atoms with Gasteiger partial charge in [0, 0.05) is 20.8 Å². The Morgan fingerprint density at radius 2 is 1.77 bits per heavy atom. The minimum absolute atomic E-state index is 0.104. The summed E-state index contributed by atoms with van der Waals surface area (Å²) in [6, 6.07) is 6.73. The summed E-state index contributed by atoms with van der Waals surface area (Å²) in [6.07, 6.45) is 12.0. The van der Waals surface area contributed by atoms with Crippen molar-refractivity contribution in [2.24, 2.45) is 34.5 Å². The van der Waals surface area contributed by atoms with Crippen LogP contribution in [0.4, 0.5) is 0 Å². The van der Waals surface area contributed by atoms with Gasteiger partial charge >= 0.3 is 0 Å². The molecule has 160 valence electrons. The molecule has 1 aromatic carbocycles. The van der Waals surface area contributed by atoms with Crippen molar-refractivity contribution in [2.75, 3.05) is 0 Å². The number of benzene rings is 1. The van der Waals surface area contributed by atoms with Crippen molar-refractivity contribution >= 4 is 29.3 Å². The predicted octanol–water partition coefficient (Wildman–Crippen LogP) is 8.02. The van der Waals surface area contributed by atoms with E-state index in [9.17, 15) is 4.79 Å². The fourth-order valence-corrected chi connectivity index (χ4v) is 10.9. The summed E-state index contributed by atoms with van der Waals surface area (Å²) in [7, 11) is 0.